The van der Waals surface area contributed by atoms with Crippen molar-refractivity contribution in [2.45, 2.75) is 59.5 Å². The summed E-state index contributed by atoms with van der Waals surface area (Å²) in [5, 5.41) is 3.65. The Bertz CT molecular complexity index is 317. The van der Waals surface area contributed by atoms with Crippen LogP contribution in [0.1, 0.15) is 49.8 Å². The van der Waals surface area contributed by atoms with Gasteiger partial charge in [0.25, 0.3) is 0 Å². The van der Waals surface area contributed by atoms with Gasteiger partial charge >= 0.3 is 0 Å². The highest BCUT2D eigenvalue weighted by Crippen LogP contribution is 2.11. The molecule has 1 aromatic rings. The Balaban J connectivity index is 2.55. The molecular formula is C15H25N. The summed E-state index contributed by atoms with van der Waals surface area (Å²) in [6, 6.07) is 7.36. The molecule has 1 aromatic carbocycles. The molecule has 0 aliphatic rings. The number of aryl methyl sites for hydroxylation is 2. The summed E-state index contributed by atoms with van der Waals surface area (Å²) in [6.45, 7) is 9.87. The van der Waals surface area contributed by atoms with Crippen LogP contribution in [0.3, 0.4) is 0 Å². The molecule has 0 saturated heterocycles. The Kier molecular flexibility index (Phi) is 5.54. The van der Waals surface area contributed by atoms with E-state index >= 15 is 0 Å². The molecule has 0 spiro atoms. The standard InChI is InChI=1S/C15H25N/c1-5-7-15(6-2)16-11-14-10-12(3)8-9-13(14)4/h8-10,15-16H,5-7,11H2,1-4H3. The molecule has 16 heavy (non-hydrogen) atoms. The maximum absolute atomic E-state index is 3.65. The summed E-state index contributed by atoms with van der Waals surface area (Å²) in [5.41, 5.74) is 4.19. The average molecular weight is 219 g/mol. The summed E-state index contributed by atoms with van der Waals surface area (Å²) in [4.78, 5) is 0. The average Bonchev–Trinajstić information content (AvgIpc) is 2.28. The molecule has 0 saturated carbocycles. The summed E-state index contributed by atoms with van der Waals surface area (Å²) in [5.74, 6) is 0. The lowest BCUT2D eigenvalue weighted by atomic mass is 10.0. The summed E-state index contributed by atoms with van der Waals surface area (Å²) >= 11 is 0. The van der Waals surface area contributed by atoms with Crippen LogP contribution in [-0.4, -0.2) is 6.04 Å². The van der Waals surface area contributed by atoms with Crippen molar-refractivity contribution in [1.29, 1.82) is 0 Å². The van der Waals surface area contributed by atoms with Gasteiger partial charge in [-0.05, 0) is 37.8 Å². The van der Waals surface area contributed by atoms with Crippen molar-refractivity contribution in [2.75, 3.05) is 0 Å². The van der Waals surface area contributed by atoms with Gasteiger partial charge in [0, 0.05) is 12.6 Å². The number of hydrogen-bond donors (Lipinski definition) is 1. The Hall–Kier alpha value is -0.820. The quantitative estimate of drug-likeness (QED) is 0.763. The van der Waals surface area contributed by atoms with E-state index in [1.807, 2.05) is 0 Å². The molecule has 1 rings (SSSR count). The normalized spacial score (nSPS) is 12.8. The zero-order valence-corrected chi connectivity index (χ0v) is 11.1. The molecule has 1 unspecified atom stereocenters. The van der Waals surface area contributed by atoms with Crippen molar-refractivity contribution in [3.63, 3.8) is 0 Å². The maximum Gasteiger partial charge on any atom is 0.0210 e. The van der Waals surface area contributed by atoms with Gasteiger partial charge in [-0.3, -0.25) is 0 Å². The number of benzene rings is 1. The van der Waals surface area contributed by atoms with E-state index in [1.54, 1.807) is 0 Å². The topological polar surface area (TPSA) is 12.0 Å². The molecule has 1 N–H and O–H groups in total. The number of nitrogens with one attached hydrogen (secondary N) is 1. The first-order chi connectivity index (χ1) is 7.67. The van der Waals surface area contributed by atoms with E-state index in [0.29, 0.717) is 6.04 Å². The van der Waals surface area contributed by atoms with Crippen LogP contribution in [0.4, 0.5) is 0 Å². The van der Waals surface area contributed by atoms with Gasteiger partial charge in [-0.1, -0.05) is 44.0 Å². The molecule has 0 aromatic heterocycles. The molecule has 0 radical (unpaired) electrons. The van der Waals surface area contributed by atoms with E-state index in [2.05, 4.69) is 51.2 Å². The lowest BCUT2D eigenvalue weighted by Gasteiger charge is -2.17. The van der Waals surface area contributed by atoms with Gasteiger partial charge in [-0.25, -0.2) is 0 Å². The van der Waals surface area contributed by atoms with Gasteiger partial charge in [0.05, 0.1) is 0 Å². The Labute approximate surface area is 100 Å². The van der Waals surface area contributed by atoms with Gasteiger partial charge in [0.1, 0.15) is 0 Å². The highest BCUT2D eigenvalue weighted by molar-refractivity contribution is 5.30. The van der Waals surface area contributed by atoms with Gasteiger partial charge in [0.15, 0.2) is 0 Å². The first-order valence-electron chi connectivity index (χ1n) is 6.46. The fraction of sp³-hybridized carbons (Fsp3) is 0.600. The minimum Gasteiger partial charge on any atom is -0.310 e. The Morgan fingerprint density at radius 3 is 2.56 bits per heavy atom. The van der Waals surface area contributed by atoms with Crippen LogP contribution < -0.4 is 5.32 Å². The monoisotopic (exact) mass is 219 g/mol. The van der Waals surface area contributed by atoms with Crippen LogP contribution in [0.25, 0.3) is 0 Å². The third kappa shape index (κ3) is 3.97. The highest BCUT2D eigenvalue weighted by atomic mass is 14.9. The van der Waals surface area contributed by atoms with E-state index in [9.17, 15) is 0 Å². The molecule has 1 nitrogen and oxygen atoms in total. The van der Waals surface area contributed by atoms with Crippen LogP contribution >= 0.6 is 0 Å². The molecule has 0 fully saturated rings. The minimum absolute atomic E-state index is 0.671. The molecule has 0 aliphatic heterocycles. The van der Waals surface area contributed by atoms with Gasteiger partial charge in [-0.15, -0.1) is 0 Å². The molecule has 0 bridgehead atoms. The number of rotatable bonds is 6. The Morgan fingerprint density at radius 2 is 1.94 bits per heavy atom. The second-order valence-electron chi connectivity index (χ2n) is 4.70. The fourth-order valence-electron chi connectivity index (χ4n) is 2.04. The highest BCUT2D eigenvalue weighted by Gasteiger charge is 2.05. The molecule has 0 heterocycles. The van der Waals surface area contributed by atoms with Gasteiger partial charge in [-0.2, -0.15) is 0 Å². The lowest BCUT2D eigenvalue weighted by molar-refractivity contribution is 0.462. The van der Waals surface area contributed by atoms with Crippen molar-refractivity contribution in [2.24, 2.45) is 0 Å². The van der Waals surface area contributed by atoms with Crippen molar-refractivity contribution in [1.82, 2.24) is 5.32 Å². The van der Waals surface area contributed by atoms with E-state index in [1.165, 1.54) is 36.0 Å². The zero-order valence-electron chi connectivity index (χ0n) is 11.1. The maximum atomic E-state index is 3.65. The van der Waals surface area contributed by atoms with Gasteiger partial charge < -0.3 is 5.32 Å². The predicted octanol–water partition coefficient (Wildman–Crippen LogP) is 3.97. The predicted molar refractivity (Wildman–Crippen MR) is 71.7 cm³/mol. The van der Waals surface area contributed by atoms with E-state index < -0.39 is 0 Å². The SMILES string of the molecule is CCCC(CC)NCc1cc(C)ccc1C. The molecule has 0 amide bonds. The molecule has 1 atom stereocenters. The van der Waals surface area contributed by atoms with E-state index in [0.717, 1.165) is 6.54 Å². The smallest absolute Gasteiger partial charge is 0.0210 e. The lowest BCUT2D eigenvalue weighted by Crippen LogP contribution is -2.27. The van der Waals surface area contributed by atoms with Crippen LogP contribution in [0.2, 0.25) is 0 Å². The third-order valence-electron chi connectivity index (χ3n) is 3.22. The Morgan fingerprint density at radius 1 is 1.19 bits per heavy atom. The second kappa shape index (κ2) is 6.70. The van der Waals surface area contributed by atoms with Crippen molar-refractivity contribution in [3.8, 4) is 0 Å². The van der Waals surface area contributed by atoms with Crippen LogP contribution in [-0.2, 0) is 6.54 Å². The minimum atomic E-state index is 0.671. The molecule has 0 aliphatic carbocycles. The van der Waals surface area contributed by atoms with Crippen LogP contribution in [0, 0.1) is 13.8 Å². The summed E-state index contributed by atoms with van der Waals surface area (Å²) < 4.78 is 0. The zero-order chi connectivity index (χ0) is 12.0. The van der Waals surface area contributed by atoms with Crippen LogP contribution in [0.15, 0.2) is 18.2 Å². The summed E-state index contributed by atoms with van der Waals surface area (Å²) in [6.07, 6.45) is 3.76. The third-order valence-corrected chi connectivity index (χ3v) is 3.22. The van der Waals surface area contributed by atoms with Crippen molar-refractivity contribution >= 4 is 0 Å². The van der Waals surface area contributed by atoms with E-state index in [4.69, 9.17) is 0 Å². The van der Waals surface area contributed by atoms with Crippen LogP contribution in [0.5, 0.6) is 0 Å². The fourth-order valence-corrected chi connectivity index (χ4v) is 2.04. The first kappa shape index (κ1) is 13.2. The molecule has 90 valence electrons. The molecular weight excluding hydrogens is 194 g/mol. The largest absolute Gasteiger partial charge is 0.310 e. The number of hydrogen-bond acceptors (Lipinski definition) is 1. The van der Waals surface area contributed by atoms with E-state index in [-0.39, 0.29) is 0 Å². The second-order valence-corrected chi connectivity index (χ2v) is 4.70. The molecule has 1 heteroatoms. The first-order valence-corrected chi connectivity index (χ1v) is 6.46. The van der Waals surface area contributed by atoms with Crippen molar-refractivity contribution in [3.05, 3.63) is 34.9 Å². The van der Waals surface area contributed by atoms with Crippen molar-refractivity contribution < 1.29 is 0 Å². The van der Waals surface area contributed by atoms with Gasteiger partial charge in [0.2, 0.25) is 0 Å². The summed E-state index contributed by atoms with van der Waals surface area (Å²) in [7, 11) is 0.